The summed E-state index contributed by atoms with van der Waals surface area (Å²) in [6.45, 7) is 0. The van der Waals surface area contributed by atoms with E-state index >= 15 is 0 Å². The number of ether oxygens (including phenoxy) is 2. The van der Waals surface area contributed by atoms with Crippen LogP contribution in [0.15, 0.2) is 24.3 Å². The van der Waals surface area contributed by atoms with E-state index in [2.05, 4.69) is 0 Å². The van der Waals surface area contributed by atoms with Gasteiger partial charge in [-0.05, 0) is 30.5 Å². The van der Waals surface area contributed by atoms with Gasteiger partial charge in [0.25, 0.3) is 0 Å². The zero-order chi connectivity index (χ0) is 12.3. The largest absolute Gasteiger partial charge is 0.508 e. The highest BCUT2D eigenvalue weighted by molar-refractivity contribution is 5.75. The highest BCUT2D eigenvalue weighted by atomic mass is 16.6. The SMILES string of the molecule is COC(=O)C(Cc1cccc(O)c1)OC1CC1. The highest BCUT2D eigenvalue weighted by Gasteiger charge is 2.30. The third-order valence-corrected chi connectivity index (χ3v) is 2.68. The van der Waals surface area contributed by atoms with E-state index in [1.165, 1.54) is 7.11 Å². The van der Waals surface area contributed by atoms with E-state index < -0.39 is 6.10 Å². The van der Waals surface area contributed by atoms with Gasteiger partial charge in [0.05, 0.1) is 13.2 Å². The number of carbonyl (C=O) groups is 1. The van der Waals surface area contributed by atoms with Crippen molar-refractivity contribution in [1.29, 1.82) is 0 Å². The summed E-state index contributed by atoms with van der Waals surface area (Å²) in [5.74, 6) is -0.169. The molecule has 0 saturated heterocycles. The third-order valence-electron chi connectivity index (χ3n) is 2.68. The van der Waals surface area contributed by atoms with Gasteiger partial charge in [-0.2, -0.15) is 0 Å². The van der Waals surface area contributed by atoms with E-state index in [0.717, 1.165) is 18.4 Å². The van der Waals surface area contributed by atoms with Crippen molar-refractivity contribution in [3.8, 4) is 5.75 Å². The van der Waals surface area contributed by atoms with Gasteiger partial charge in [0, 0.05) is 6.42 Å². The van der Waals surface area contributed by atoms with E-state index in [-0.39, 0.29) is 17.8 Å². The maximum absolute atomic E-state index is 11.6. The maximum atomic E-state index is 11.6. The first-order chi connectivity index (χ1) is 8.19. The molecule has 1 saturated carbocycles. The van der Waals surface area contributed by atoms with Crippen molar-refractivity contribution in [3.05, 3.63) is 29.8 Å². The molecule has 17 heavy (non-hydrogen) atoms. The van der Waals surface area contributed by atoms with E-state index in [0.29, 0.717) is 6.42 Å². The molecule has 1 aromatic carbocycles. The number of carbonyl (C=O) groups excluding carboxylic acids is 1. The van der Waals surface area contributed by atoms with E-state index in [1.807, 2.05) is 6.07 Å². The second kappa shape index (κ2) is 5.19. The molecule has 0 aliphatic heterocycles. The summed E-state index contributed by atoms with van der Waals surface area (Å²) in [7, 11) is 1.36. The normalized spacial score (nSPS) is 16.5. The predicted octanol–water partition coefficient (Wildman–Crippen LogP) is 1.66. The summed E-state index contributed by atoms with van der Waals surface area (Å²) in [4.78, 5) is 11.6. The monoisotopic (exact) mass is 236 g/mol. The zero-order valence-corrected chi connectivity index (χ0v) is 9.76. The van der Waals surface area contributed by atoms with Crippen LogP contribution in [0.5, 0.6) is 5.75 Å². The van der Waals surface area contributed by atoms with Crippen LogP contribution in [0.2, 0.25) is 0 Å². The topological polar surface area (TPSA) is 55.8 Å². The smallest absolute Gasteiger partial charge is 0.335 e. The van der Waals surface area contributed by atoms with Crippen molar-refractivity contribution in [2.24, 2.45) is 0 Å². The van der Waals surface area contributed by atoms with Gasteiger partial charge in [-0.3, -0.25) is 0 Å². The standard InChI is InChI=1S/C13H16O4/c1-16-13(15)12(17-11-5-6-11)8-9-3-2-4-10(14)7-9/h2-4,7,11-12,14H,5-6,8H2,1H3. The van der Waals surface area contributed by atoms with E-state index in [4.69, 9.17) is 9.47 Å². The van der Waals surface area contributed by atoms with Gasteiger partial charge >= 0.3 is 5.97 Å². The average molecular weight is 236 g/mol. The number of rotatable bonds is 5. The van der Waals surface area contributed by atoms with Crippen LogP contribution in [0.3, 0.4) is 0 Å². The molecule has 1 N–H and O–H groups in total. The van der Waals surface area contributed by atoms with Crippen LogP contribution in [0.4, 0.5) is 0 Å². The molecule has 0 radical (unpaired) electrons. The molecular formula is C13H16O4. The number of phenols is 1. The lowest BCUT2D eigenvalue weighted by atomic mass is 10.1. The van der Waals surface area contributed by atoms with Crippen molar-refractivity contribution >= 4 is 5.97 Å². The van der Waals surface area contributed by atoms with Crippen LogP contribution >= 0.6 is 0 Å². The highest BCUT2D eigenvalue weighted by Crippen LogP contribution is 2.26. The summed E-state index contributed by atoms with van der Waals surface area (Å²) in [6, 6.07) is 6.83. The summed E-state index contributed by atoms with van der Waals surface area (Å²) in [5.41, 5.74) is 0.862. The fourth-order valence-corrected chi connectivity index (χ4v) is 1.65. The lowest BCUT2D eigenvalue weighted by Gasteiger charge is -2.15. The molecule has 1 aromatic rings. The van der Waals surface area contributed by atoms with Gasteiger partial charge in [0.2, 0.25) is 0 Å². The molecule has 2 rings (SSSR count). The Morgan fingerprint density at radius 1 is 1.53 bits per heavy atom. The first-order valence-electron chi connectivity index (χ1n) is 5.70. The van der Waals surface area contributed by atoms with Gasteiger partial charge in [-0.15, -0.1) is 0 Å². The van der Waals surface area contributed by atoms with Crippen LogP contribution in [0, 0.1) is 0 Å². The molecule has 1 atom stereocenters. The molecule has 0 aromatic heterocycles. The molecule has 1 aliphatic carbocycles. The molecule has 92 valence electrons. The minimum Gasteiger partial charge on any atom is -0.508 e. The van der Waals surface area contributed by atoms with Gasteiger partial charge in [0.1, 0.15) is 5.75 Å². The first kappa shape index (κ1) is 11.9. The van der Waals surface area contributed by atoms with Crippen molar-refractivity contribution < 1.29 is 19.4 Å². The Morgan fingerprint density at radius 2 is 2.29 bits per heavy atom. The van der Waals surface area contributed by atoms with E-state index in [9.17, 15) is 9.90 Å². The molecule has 0 bridgehead atoms. The van der Waals surface area contributed by atoms with Gasteiger partial charge in [-0.25, -0.2) is 4.79 Å². The molecular weight excluding hydrogens is 220 g/mol. The summed E-state index contributed by atoms with van der Waals surface area (Å²) in [5, 5.41) is 9.36. The van der Waals surface area contributed by atoms with Gasteiger partial charge < -0.3 is 14.6 Å². The van der Waals surface area contributed by atoms with Crippen molar-refractivity contribution in [2.45, 2.75) is 31.5 Å². The summed E-state index contributed by atoms with van der Waals surface area (Å²) >= 11 is 0. The zero-order valence-electron chi connectivity index (χ0n) is 9.76. The quantitative estimate of drug-likeness (QED) is 0.790. The number of esters is 1. The fraction of sp³-hybridized carbons (Fsp3) is 0.462. The Hall–Kier alpha value is -1.55. The second-order valence-corrected chi connectivity index (χ2v) is 4.22. The van der Waals surface area contributed by atoms with Crippen LogP contribution < -0.4 is 0 Å². The van der Waals surface area contributed by atoms with Gasteiger partial charge in [-0.1, -0.05) is 12.1 Å². The van der Waals surface area contributed by atoms with Crippen molar-refractivity contribution in [2.75, 3.05) is 7.11 Å². The predicted molar refractivity (Wildman–Crippen MR) is 61.7 cm³/mol. The molecule has 0 amide bonds. The Balaban J connectivity index is 2.02. The molecule has 1 unspecified atom stereocenters. The van der Waals surface area contributed by atoms with Crippen molar-refractivity contribution in [1.82, 2.24) is 0 Å². The van der Waals surface area contributed by atoms with Gasteiger partial charge in [0.15, 0.2) is 6.10 Å². The van der Waals surface area contributed by atoms with E-state index in [1.54, 1.807) is 18.2 Å². The Morgan fingerprint density at radius 3 is 2.88 bits per heavy atom. The molecule has 4 nitrogen and oxygen atoms in total. The first-order valence-corrected chi connectivity index (χ1v) is 5.70. The van der Waals surface area contributed by atoms with Crippen LogP contribution in [0.1, 0.15) is 18.4 Å². The fourth-order valence-electron chi connectivity index (χ4n) is 1.65. The molecule has 4 heteroatoms. The number of phenolic OH excluding ortho intramolecular Hbond substituents is 1. The molecule has 1 fully saturated rings. The average Bonchev–Trinajstić information content (AvgIpc) is 3.11. The Bertz CT molecular complexity index is 398. The van der Waals surface area contributed by atoms with Crippen molar-refractivity contribution in [3.63, 3.8) is 0 Å². The third kappa shape index (κ3) is 3.46. The number of hydrogen-bond acceptors (Lipinski definition) is 4. The van der Waals surface area contributed by atoms with Crippen LogP contribution in [0.25, 0.3) is 0 Å². The minimum absolute atomic E-state index is 0.191. The minimum atomic E-state index is -0.575. The number of aromatic hydroxyl groups is 1. The summed E-state index contributed by atoms with van der Waals surface area (Å²) < 4.78 is 10.3. The van der Waals surface area contributed by atoms with Crippen LogP contribution in [-0.2, 0) is 20.7 Å². The lowest BCUT2D eigenvalue weighted by molar-refractivity contribution is -0.154. The maximum Gasteiger partial charge on any atom is 0.335 e. The second-order valence-electron chi connectivity index (χ2n) is 4.22. The number of methoxy groups -OCH3 is 1. The number of hydrogen-bond donors (Lipinski definition) is 1. The molecule has 0 spiro atoms. The Kier molecular flexibility index (Phi) is 3.64. The molecule has 1 aliphatic rings. The Labute approximate surface area is 100 Å². The number of benzene rings is 1. The summed E-state index contributed by atoms with van der Waals surface area (Å²) in [6.07, 6.45) is 2.06. The molecule has 0 heterocycles. The van der Waals surface area contributed by atoms with Crippen LogP contribution in [-0.4, -0.2) is 30.4 Å². The lowest BCUT2D eigenvalue weighted by Crippen LogP contribution is -2.28.